The molecule has 0 amide bonds. The molecule has 0 bridgehead atoms. The van der Waals surface area contributed by atoms with Crippen LogP contribution in [0, 0.1) is 11.7 Å². The van der Waals surface area contributed by atoms with E-state index in [-0.39, 0.29) is 5.46 Å². The summed E-state index contributed by atoms with van der Waals surface area (Å²) < 4.78 is 52.0. The van der Waals surface area contributed by atoms with E-state index in [9.17, 15) is 13.2 Å². The van der Waals surface area contributed by atoms with Gasteiger partial charge in [-0.05, 0) is 39.5 Å². The van der Waals surface area contributed by atoms with E-state index in [0.29, 0.717) is 5.92 Å². The Bertz CT molecular complexity index is 563. The molecule has 1 aromatic rings. The van der Waals surface area contributed by atoms with Gasteiger partial charge in [-0.3, -0.25) is 0 Å². The van der Waals surface area contributed by atoms with Crippen molar-refractivity contribution in [2.75, 3.05) is 0 Å². The van der Waals surface area contributed by atoms with E-state index in [1.807, 2.05) is 20.8 Å². The zero-order chi connectivity index (χ0) is 17.4. The molecule has 0 aliphatic carbocycles. The van der Waals surface area contributed by atoms with E-state index in [1.54, 1.807) is 0 Å². The third-order valence-corrected chi connectivity index (χ3v) is 4.79. The third kappa shape index (κ3) is 3.58. The lowest BCUT2D eigenvalue weighted by molar-refractivity contribution is -0.0189. The van der Waals surface area contributed by atoms with Gasteiger partial charge < -0.3 is 9.31 Å². The van der Waals surface area contributed by atoms with E-state index in [4.69, 9.17) is 9.31 Å². The molecule has 6 heteroatoms. The quantitative estimate of drug-likeness (QED) is 0.742. The van der Waals surface area contributed by atoms with Crippen molar-refractivity contribution in [2.24, 2.45) is 5.92 Å². The minimum atomic E-state index is -2.86. The largest absolute Gasteiger partial charge is 0.497 e. The summed E-state index contributed by atoms with van der Waals surface area (Å²) in [7, 11) is -0.971. The van der Waals surface area contributed by atoms with Crippen LogP contribution in [0.25, 0.3) is 0 Å². The lowest BCUT2D eigenvalue weighted by Gasteiger charge is -2.37. The summed E-state index contributed by atoms with van der Waals surface area (Å²) in [5, 5.41) is 0. The second kappa shape index (κ2) is 6.48. The molecule has 0 spiro atoms. The second-order valence-electron chi connectivity index (χ2n) is 7.29. The number of hydrogen-bond donors (Lipinski definition) is 0. The summed E-state index contributed by atoms with van der Waals surface area (Å²) in [4.78, 5) is 0. The second-order valence-corrected chi connectivity index (χ2v) is 7.29. The fourth-order valence-electron chi connectivity index (χ4n) is 2.76. The molecule has 1 atom stereocenters. The predicted molar refractivity (Wildman–Crippen MR) is 85.5 cm³/mol. The molecule has 0 N–H and O–H groups in total. The van der Waals surface area contributed by atoms with Crippen LogP contribution in [0.2, 0.25) is 0 Å². The fourth-order valence-corrected chi connectivity index (χ4v) is 2.76. The van der Waals surface area contributed by atoms with Crippen LogP contribution >= 0.6 is 0 Å². The van der Waals surface area contributed by atoms with Crippen LogP contribution in [-0.2, 0) is 9.31 Å². The monoisotopic (exact) mass is 328 g/mol. The highest BCUT2D eigenvalue weighted by molar-refractivity contribution is 6.62. The van der Waals surface area contributed by atoms with Gasteiger partial charge in [-0.15, -0.1) is 0 Å². The molecule has 2 rings (SSSR count). The summed E-state index contributed by atoms with van der Waals surface area (Å²) in [5.41, 5.74) is -1.83. The molecule has 1 aliphatic heterocycles. The molecule has 0 saturated carbocycles. The van der Waals surface area contributed by atoms with E-state index in [2.05, 4.69) is 13.8 Å². The average molecular weight is 328 g/mol. The van der Waals surface area contributed by atoms with Crippen molar-refractivity contribution >= 4 is 12.6 Å². The normalized spacial score (nSPS) is 24.0. The van der Waals surface area contributed by atoms with Crippen LogP contribution in [0.1, 0.15) is 59.4 Å². The van der Waals surface area contributed by atoms with Gasteiger partial charge in [0, 0.05) is 5.46 Å². The van der Waals surface area contributed by atoms with Crippen molar-refractivity contribution in [1.82, 2.24) is 0 Å². The Morgan fingerprint density at radius 2 is 1.78 bits per heavy atom. The topological polar surface area (TPSA) is 18.5 Å². The zero-order valence-corrected chi connectivity index (χ0v) is 14.3. The molecule has 1 aliphatic rings. The van der Waals surface area contributed by atoms with Gasteiger partial charge in [0.1, 0.15) is 5.82 Å². The fraction of sp³-hybridized carbons (Fsp3) is 0.647. The van der Waals surface area contributed by atoms with Crippen molar-refractivity contribution in [3.8, 4) is 0 Å². The lowest BCUT2D eigenvalue weighted by Crippen LogP contribution is -2.44. The standard InChI is InChI=1S/C17H24BF3O2/c1-11(2)9-10-17(5)16(3,4)22-18(23-17)13-8-6-7-12(14(13)19)15(20)21/h6-8,11,15H,9-10H2,1-5H3. The highest BCUT2D eigenvalue weighted by Gasteiger charge is 2.54. The summed E-state index contributed by atoms with van der Waals surface area (Å²) >= 11 is 0. The molecular formula is C17H24BF3O2. The Kier molecular flexibility index (Phi) is 5.16. The van der Waals surface area contributed by atoms with Gasteiger partial charge in [-0.25, -0.2) is 13.2 Å². The van der Waals surface area contributed by atoms with E-state index < -0.39 is 36.1 Å². The molecule has 2 nitrogen and oxygen atoms in total. The van der Waals surface area contributed by atoms with Crippen LogP contribution < -0.4 is 5.46 Å². The third-order valence-electron chi connectivity index (χ3n) is 4.79. The van der Waals surface area contributed by atoms with Crippen molar-refractivity contribution < 1.29 is 22.5 Å². The van der Waals surface area contributed by atoms with Crippen LogP contribution in [0.5, 0.6) is 0 Å². The minimum absolute atomic E-state index is 0.0316. The molecule has 0 radical (unpaired) electrons. The zero-order valence-electron chi connectivity index (χ0n) is 14.3. The van der Waals surface area contributed by atoms with E-state index in [1.165, 1.54) is 12.1 Å². The van der Waals surface area contributed by atoms with E-state index in [0.717, 1.165) is 18.9 Å². The van der Waals surface area contributed by atoms with Gasteiger partial charge in [0.2, 0.25) is 0 Å². The van der Waals surface area contributed by atoms with Gasteiger partial charge in [0.05, 0.1) is 16.8 Å². The van der Waals surface area contributed by atoms with Crippen molar-refractivity contribution in [3.63, 3.8) is 0 Å². The first-order chi connectivity index (χ1) is 10.6. The number of halogens is 3. The minimum Gasteiger partial charge on any atom is -0.399 e. The van der Waals surface area contributed by atoms with Gasteiger partial charge >= 0.3 is 7.12 Å². The van der Waals surface area contributed by atoms with Gasteiger partial charge in [-0.2, -0.15) is 0 Å². The molecule has 1 aromatic carbocycles. The molecule has 1 heterocycles. The van der Waals surface area contributed by atoms with Gasteiger partial charge in [-0.1, -0.05) is 32.0 Å². The maximum absolute atomic E-state index is 14.4. The van der Waals surface area contributed by atoms with Gasteiger partial charge in [0.25, 0.3) is 6.43 Å². The Morgan fingerprint density at radius 1 is 1.13 bits per heavy atom. The van der Waals surface area contributed by atoms with Crippen molar-refractivity contribution in [1.29, 1.82) is 0 Å². The van der Waals surface area contributed by atoms with E-state index >= 15 is 0 Å². The lowest BCUT2D eigenvalue weighted by atomic mass is 9.77. The summed E-state index contributed by atoms with van der Waals surface area (Å²) in [5.74, 6) is -0.444. The average Bonchev–Trinajstić information content (AvgIpc) is 2.67. The highest BCUT2D eigenvalue weighted by atomic mass is 19.3. The molecule has 0 aromatic heterocycles. The molecular weight excluding hydrogens is 304 g/mol. The summed E-state index contributed by atoms with van der Waals surface area (Å²) in [6.45, 7) is 9.96. The smallest absolute Gasteiger partial charge is 0.399 e. The Morgan fingerprint density at radius 3 is 2.35 bits per heavy atom. The number of alkyl halides is 2. The predicted octanol–water partition coefficient (Wildman–Crippen LogP) is 4.48. The number of benzene rings is 1. The molecule has 128 valence electrons. The molecule has 1 fully saturated rings. The van der Waals surface area contributed by atoms with Crippen LogP contribution in [0.4, 0.5) is 13.2 Å². The SMILES string of the molecule is CC(C)CCC1(C)OB(c2cccc(C(F)F)c2F)OC1(C)C. The Balaban J connectivity index is 2.28. The highest BCUT2D eigenvalue weighted by Crippen LogP contribution is 2.41. The first-order valence-corrected chi connectivity index (χ1v) is 7.99. The van der Waals surface area contributed by atoms with Crippen LogP contribution in [-0.4, -0.2) is 18.3 Å². The maximum Gasteiger partial charge on any atom is 0.497 e. The first kappa shape index (κ1) is 18.3. The van der Waals surface area contributed by atoms with Gasteiger partial charge in [0.15, 0.2) is 0 Å². The first-order valence-electron chi connectivity index (χ1n) is 7.99. The molecule has 23 heavy (non-hydrogen) atoms. The molecule has 1 saturated heterocycles. The maximum atomic E-state index is 14.4. The molecule has 1 unspecified atom stereocenters. The summed E-state index contributed by atoms with van der Waals surface area (Å²) in [6, 6.07) is 3.93. The Labute approximate surface area is 136 Å². The summed E-state index contributed by atoms with van der Waals surface area (Å²) in [6.07, 6.45) is -1.17. The number of hydrogen-bond acceptors (Lipinski definition) is 2. The van der Waals surface area contributed by atoms with Crippen molar-refractivity contribution in [3.05, 3.63) is 29.6 Å². The van der Waals surface area contributed by atoms with Crippen LogP contribution in [0.15, 0.2) is 18.2 Å². The Hall–Kier alpha value is -1.01. The van der Waals surface area contributed by atoms with Crippen LogP contribution in [0.3, 0.4) is 0 Å². The number of rotatable bonds is 5. The van der Waals surface area contributed by atoms with Crippen molar-refractivity contribution in [2.45, 2.75) is 65.1 Å².